The van der Waals surface area contributed by atoms with E-state index in [1.807, 2.05) is 0 Å². The molecule has 1 aromatic carbocycles. The quantitative estimate of drug-likeness (QED) is 0.806. The standard InChI is InChI=1S/C11H12O5/c1-6(11(13)14)10(12)7-2-3-8-9(4-7)16-5-15-8/h2-4,6,10,12H,5H2,1H3,(H,13,14). The molecule has 0 amide bonds. The number of rotatable bonds is 3. The van der Waals surface area contributed by atoms with Crippen LogP contribution in [0.5, 0.6) is 11.5 Å². The maximum Gasteiger partial charge on any atom is 0.309 e. The van der Waals surface area contributed by atoms with Crippen LogP contribution in [0.1, 0.15) is 18.6 Å². The minimum atomic E-state index is -1.05. The number of aliphatic hydroxyl groups excluding tert-OH is 1. The molecular weight excluding hydrogens is 212 g/mol. The van der Waals surface area contributed by atoms with E-state index < -0.39 is 18.0 Å². The third kappa shape index (κ3) is 1.81. The molecule has 0 bridgehead atoms. The number of fused-ring (bicyclic) bond motifs is 1. The summed E-state index contributed by atoms with van der Waals surface area (Å²) in [5, 5.41) is 18.6. The first-order chi connectivity index (χ1) is 7.59. The Morgan fingerprint density at radius 1 is 1.38 bits per heavy atom. The van der Waals surface area contributed by atoms with Crippen molar-refractivity contribution in [3.63, 3.8) is 0 Å². The van der Waals surface area contributed by atoms with Gasteiger partial charge in [0.05, 0.1) is 12.0 Å². The van der Waals surface area contributed by atoms with E-state index in [9.17, 15) is 9.90 Å². The number of aliphatic hydroxyl groups is 1. The van der Waals surface area contributed by atoms with Gasteiger partial charge in [0.25, 0.3) is 0 Å². The molecule has 2 atom stereocenters. The Morgan fingerprint density at radius 3 is 2.75 bits per heavy atom. The monoisotopic (exact) mass is 224 g/mol. The molecule has 0 radical (unpaired) electrons. The van der Waals surface area contributed by atoms with Crippen LogP contribution in [-0.4, -0.2) is 23.0 Å². The molecule has 16 heavy (non-hydrogen) atoms. The van der Waals surface area contributed by atoms with Crippen LogP contribution in [0.3, 0.4) is 0 Å². The normalized spacial score (nSPS) is 16.9. The Labute approximate surface area is 92.2 Å². The topological polar surface area (TPSA) is 76.0 Å². The summed E-state index contributed by atoms with van der Waals surface area (Å²) in [4.78, 5) is 10.7. The van der Waals surface area contributed by atoms with Gasteiger partial charge >= 0.3 is 5.97 Å². The first kappa shape index (κ1) is 10.8. The van der Waals surface area contributed by atoms with Gasteiger partial charge in [0.1, 0.15) is 0 Å². The largest absolute Gasteiger partial charge is 0.481 e. The first-order valence-electron chi connectivity index (χ1n) is 4.90. The van der Waals surface area contributed by atoms with Gasteiger partial charge in [0, 0.05) is 0 Å². The molecule has 0 saturated heterocycles. The van der Waals surface area contributed by atoms with Gasteiger partial charge in [0.15, 0.2) is 11.5 Å². The van der Waals surface area contributed by atoms with Crippen LogP contribution in [-0.2, 0) is 4.79 Å². The first-order valence-corrected chi connectivity index (χ1v) is 4.90. The number of carboxylic acids is 1. The van der Waals surface area contributed by atoms with Crippen LogP contribution in [0.15, 0.2) is 18.2 Å². The van der Waals surface area contributed by atoms with Crippen molar-refractivity contribution in [2.24, 2.45) is 5.92 Å². The Morgan fingerprint density at radius 2 is 2.06 bits per heavy atom. The number of hydrogen-bond acceptors (Lipinski definition) is 4. The Kier molecular flexibility index (Phi) is 2.70. The van der Waals surface area contributed by atoms with Crippen molar-refractivity contribution in [2.75, 3.05) is 6.79 Å². The SMILES string of the molecule is CC(C(=O)O)C(O)c1ccc2c(c1)OCO2. The molecule has 86 valence electrons. The van der Waals surface area contributed by atoms with Crippen molar-refractivity contribution < 1.29 is 24.5 Å². The van der Waals surface area contributed by atoms with Crippen LogP contribution in [0.25, 0.3) is 0 Å². The van der Waals surface area contributed by atoms with Crippen LogP contribution in [0.2, 0.25) is 0 Å². The van der Waals surface area contributed by atoms with E-state index in [0.29, 0.717) is 17.1 Å². The fourth-order valence-corrected chi connectivity index (χ4v) is 1.52. The van der Waals surface area contributed by atoms with E-state index in [2.05, 4.69) is 0 Å². The van der Waals surface area contributed by atoms with Crippen LogP contribution in [0, 0.1) is 5.92 Å². The molecule has 0 fully saturated rings. The van der Waals surface area contributed by atoms with E-state index >= 15 is 0 Å². The zero-order chi connectivity index (χ0) is 11.7. The van der Waals surface area contributed by atoms with E-state index in [4.69, 9.17) is 14.6 Å². The van der Waals surface area contributed by atoms with E-state index in [1.165, 1.54) is 6.92 Å². The van der Waals surface area contributed by atoms with Gasteiger partial charge in [-0.05, 0) is 24.6 Å². The van der Waals surface area contributed by atoms with Gasteiger partial charge in [-0.3, -0.25) is 4.79 Å². The highest BCUT2D eigenvalue weighted by Gasteiger charge is 2.24. The second kappa shape index (κ2) is 4.02. The third-order valence-electron chi connectivity index (χ3n) is 2.60. The van der Waals surface area contributed by atoms with Crippen molar-refractivity contribution in [1.29, 1.82) is 0 Å². The van der Waals surface area contributed by atoms with Crippen molar-refractivity contribution in [3.05, 3.63) is 23.8 Å². The number of ether oxygens (including phenoxy) is 2. The van der Waals surface area contributed by atoms with Gasteiger partial charge < -0.3 is 19.7 Å². The number of aliphatic carboxylic acids is 1. The van der Waals surface area contributed by atoms with Crippen molar-refractivity contribution in [1.82, 2.24) is 0 Å². The molecule has 2 unspecified atom stereocenters. The highest BCUT2D eigenvalue weighted by molar-refractivity contribution is 5.70. The van der Waals surface area contributed by atoms with Crippen LogP contribution in [0.4, 0.5) is 0 Å². The summed E-state index contributed by atoms with van der Waals surface area (Å²) in [6.45, 7) is 1.61. The second-order valence-electron chi connectivity index (χ2n) is 3.68. The summed E-state index contributed by atoms with van der Waals surface area (Å²) < 4.78 is 10.3. The smallest absolute Gasteiger partial charge is 0.309 e. The molecule has 1 aliphatic rings. The van der Waals surface area contributed by atoms with E-state index in [0.717, 1.165) is 0 Å². The lowest BCUT2D eigenvalue weighted by Gasteiger charge is -2.15. The Balaban J connectivity index is 2.24. The lowest BCUT2D eigenvalue weighted by Crippen LogP contribution is -2.18. The molecule has 0 spiro atoms. The summed E-state index contributed by atoms with van der Waals surface area (Å²) in [5.41, 5.74) is 0.513. The lowest BCUT2D eigenvalue weighted by molar-refractivity contribution is -0.145. The fourth-order valence-electron chi connectivity index (χ4n) is 1.52. The summed E-state index contributed by atoms with van der Waals surface area (Å²) >= 11 is 0. The van der Waals surface area contributed by atoms with Gasteiger partial charge in [-0.2, -0.15) is 0 Å². The number of carboxylic acid groups (broad SMARTS) is 1. The summed E-state index contributed by atoms with van der Waals surface area (Å²) in [7, 11) is 0. The molecule has 0 saturated carbocycles. The molecule has 0 aliphatic carbocycles. The molecule has 5 nitrogen and oxygen atoms in total. The van der Waals surface area contributed by atoms with Crippen LogP contribution >= 0.6 is 0 Å². The maximum atomic E-state index is 10.7. The molecular formula is C11H12O5. The van der Waals surface area contributed by atoms with Gasteiger partial charge in [0.2, 0.25) is 6.79 Å². The zero-order valence-electron chi connectivity index (χ0n) is 8.71. The summed E-state index contributed by atoms with van der Waals surface area (Å²) in [6.07, 6.45) is -1.05. The van der Waals surface area contributed by atoms with Gasteiger partial charge in [-0.15, -0.1) is 0 Å². The molecule has 5 heteroatoms. The molecule has 1 aromatic rings. The van der Waals surface area contributed by atoms with E-state index in [1.54, 1.807) is 18.2 Å². The molecule has 2 N–H and O–H groups in total. The van der Waals surface area contributed by atoms with Gasteiger partial charge in [-0.1, -0.05) is 6.07 Å². The predicted octanol–water partition coefficient (Wildman–Crippen LogP) is 1.17. The van der Waals surface area contributed by atoms with Crippen molar-refractivity contribution in [2.45, 2.75) is 13.0 Å². The third-order valence-corrected chi connectivity index (χ3v) is 2.60. The number of hydrogen-bond donors (Lipinski definition) is 2. The average molecular weight is 224 g/mol. The Bertz CT molecular complexity index is 415. The van der Waals surface area contributed by atoms with Crippen molar-refractivity contribution in [3.8, 4) is 11.5 Å². The highest BCUT2D eigenvalue weighted by atomic mass is 16.7. The lowest BCUT2D eigenvalue weighted by atomic mass is 9.97. The van der Waals surface area contributed by atoms with E-state index in [-0.39, 0.29) is 6.79 Å². The number of carbonyl (C=O) groups is 1. The number of benzene rings is 1. The highest BCUT2D eigenvalue weighted by Crippen LogP contribution is 2.35. The minimum Gasteiger partial charge on any atom is -0.481 e. The minimum absolute atomic E-state index is 0.156. The van der Waals surface area contributed by atoms with Gasteiger partial charge in [-0.25, -0.2) is 0 Å². The Hall–Kier alpha value is -1.75. The van der Waals surface area contributed by atoms with Crippen LogP contribution < -0.4 is 9.47 Å². The molecule has 1 heterocycles. The maximum absolute atomic E-state index is 10.7. The van der Waals surface area contributed by atoms with Crippen molar-refractivity contribution >= 4 is 5.97 Å². The zero-order valence-corrected chi connectivity index (χ0v) is 8.71. The summed E-state index contributed by atoms with van der Waals surface area (Å²) in [6, 6.07) is 4.90. The average Bonchev–Trinajstić information content (AvgIpc) is 2.73. The molecule has 2 rings (SSSR count). The summed E-state index contributed by atoms with van der Waals surface area (Å²) in [5.74, 6) is -0.751. The fraction of sp³-hybridized carbons (Fsp3) is 0.364. The predicted molar refractivity (Wildman–Crippen MR) is 54.3 cm³/mol. The second-order valence-corrected chi connectivity index (χ2v) is 3.68. The molecule has 0 aromatic heterocycles. The molecule has 1 aliphatic heterocycles.